The van der Waals surface area contributed by atoms with E-state index in [0.29, 0.717) is 11.4 Å². The molecule has 0 spiro atoms. The Kier molecular flexibility index (Phi) is 3.95. The number of rotatable bonds is 5. The van der Waals surface area contributed by atoms with Crippen molar-refractivity contribution in [2.24, 2.45) is 7.05 Å². The fourth-order valence-corrected chi connectivity index (χ4v) is 3.31. The number of hydrogen-bond acceptors (Lipinski definition) is 6. The number of hydrogen-bond donors (Lipinski definition) is 0. The van der Waals surface area contributed by atoms with Crippen molar-refractivity contribution in [2.75, 3.05) is 4.90 Å². The van der Waals surface area contributed by atoms with E-state index in [9.17, 15) is 19.1 Å². The number of anilines is 1. The SMILES string of the molecule is C[n+]1noc([O-])c1CN(C1CC1)C1CC(=O)N(c2ccc(F)cc2)C1=O. The molecule has 1 aromatic heterocycles. The molecule has 9 heteroatoms. The normalized spacial score (nSPS) is 20.4. The Morgan fingerprint density at radius 2 is 2.04 bits per heavy atom. The van der Waals surface area contributed by atoms with Crippen LogP contribution in [0.4, 0.5) is 10.1 Å². The van der Waals surface area contributed by atoms with Gasteiger partial charge in [-0.05, 0) is 37.1 Å². The Labute approximate surface area is 148 Å². The molecule has 0 N–H and O–H groups in total. The highest BCUT2D eigenvalue weighted by Crippen LogP contribution is 2.35. The second-order valence-corrected chi connectivity index (χ2v) is 6.60. The maximum atomic E-state index is 13.1. The van der Waals surface area contributed by atoms with Gasteiger partial charge < -0.3 is 9.63 Å². The van der Waals surface area contributed by atoms with E-state index >= 15 is 0 Å². The van der Waals surface area contributed by atoms with Gasteiger partial charge in [-0.2, -0.15) is 0 Å². The second-order valence-electron chi connectivity index (χ2n) is 6.60. The van der Waals surface area contributed by atoms with Crippen molar-refractivity contribution in [1.82, 2.24) is 10.2 Å². The number of halogens is 1. The summed E-state index contributed by atoms with van der Waals surface area (Å²) in [5.41, 5.74) is 0.678. The summed E-state index contributed by atoms with van der Waals surface area (Å²) in [6.07, 6.45) is 1.82. The van der Waals surface area contributed by atoms with Crippen LogP contribution >= 0.6 is 0 Å². The molecule has 2 aromatic rings. The molecule has 2 fully saturated rings. The van der Waals surface area contributed by atoms with Gasteiger partial charge in [-0.1, -0.05) is 4.68 Å². The van der Waals surface area contributed by atoms with Gasteiger partial charge in [0.2, 0.25) is 11.6 Å². The first kappa shape index (κ1) is 16.6. The second kappa shape index (κ2) is 6.17. The Morgan fingerprint density at radius 1 is 1.35 bits per heavy atom. The third-order valence-electron chi connectivity index (χ3n) is 4.83. The first-order valence-electron chi connectivity index (χ1n) is 8.35. The summed E-state index contributed by atoms with van der Waals surface area (Å²) in [7, 11) is 1.59. The summed E-state index contributed by atoms with van der Waals surface area (Å²) in [5.74, 6) is -1.69. The minimum absolute atomic E-state index is 0.0237. The van der Waals surface area contributed by atoms with Crippen LogP contribution in [0.2, 0.25) is 0 Å². The van der Waals surface area contributed by atoms with E-state index in [1.54, 1.807) is 7.05 Å². The van der Waals surface area contributed by atoms with Gasteiger partial charge in [0.25, 0.3) is 5.91 Å². The van der Waals surface area contributed by atoms with E-state index in [-0.39, 0.29) is 30.8 Å². The largest absolute Gasteiger partial charge is 0.539 e. The molecule has 0 radical (unpaired) electrons. The molecule has 1 atom stereocenters. The Morgan fingerprint density at radius 3 is 2.62 bits per heavy atom. The minimum atomic E-state index is -0.658. The molecular formula is C17H17FN4O4. The molecule has 0 bridgehead atoms. The highest BCUT2D eigenvalue weighted by atomic mass is 19.1. The van der Waals surface area contributed by atoms with Gasteiger partial charge in [0.05, 0.1) is 30.0 Å². The molecule has 1 saturated heterocycles. The van der Waals surface area contributed by atoms with Gasteiger partial charge in [0.1, 0.15) is 5.82 Å². The molecule has 1 saturated carbocycles. The molecule has 2 aliphatic rings. The molecule has 1 unspecified atom stereocenters. The standard InChI is InChI=1S/C17H17FN4O4/c1-20-14(17(25)26-19-20)9-21(11-6-7-11)13-8-15(23)22(16(13)24)12-4-2-10(18)3-5-12/h2-5,11,13H,6-9H2,1H3. The summed E-state index contributed by atoms with van der Waals surface area (Å²) in [6, 6.07) is 4.72. The average molecular weight is 360 g/mol. The fourth-order valence-electron chi connectivity index (χ4n) is 3.31. The monoisotopic (exact) mass is 360 g/mol. The molecule has 2 heterocycles. The average Bonchev–Trinajstić information content (AvgIpc) is 3.35. The van der Waals surface area contributed by atoms with Crippen LogP contribution in [-0.4, -0.2) is 34.1 Å². The van der Waals surface area contributed by atoms with E-state index in [2.05, 4.69) is 9.79 Å². The van der Waals surface area contributed by atoms with E-state index < -0.39 is 17.8 Å². The minimum Gasteiger partial charge on any atom is -0.539 e. The molecular weight excluding hydrogens is 343 g/mol. The summed E-state index contributed by atoms with van der Waals surface area (Å²) >= 11 is 0. The zero-order valence-electron chi connectivity index (χ0n) is 14.1. The number of carbonyl (C=O) groups is 2. The summed E-state index contributed by atoms with van der Waals surface area (Å²) in [4.78, 5) is 28.3. The molecule has 2 amide bonds. The van der Waals surface area contributed by atoms with Crippen LogP contribution in [0.25, 0.3) is 0 Å². The van der Waals surface area contributed by atoms with Crippen molar-refractivity contribution in [2.45, 2.75) is 37.9 Å². The van der Waals surface area contributed by atoms with E-state index in [1.165, 1.54) is 28.9 Å². The predicted molar refractivity (Wildman–Crippen MR) is 83.0 cm³/mol. The number of benzene rings is 1. The maximum absolute atomic E-state index is 13.1. The zero-order chi connectivity index (χ0) is 18.4. The van der Waals surface area contributed by atoms with Crippen LogP contribution in [0.3, 0.4) is 0 Å². The highest BCUT2D eigenvalue weighted by Gasteiger charge is 2.47. The molecule has 1 aliphatic carbocycles. The number of carbonyl (C=O) groups excluding carboxylic acids is 2. The van der Waals surface area contributed by atoms with Crippen LogP contribution in [0.15, 0.2) is 28.8 Å². The summed E-state index contributed by atoms with van der Waals surface area (Å²) in [6.45, 7) is 0.185. The Hall–Kier alpha value is -2.81. The van der Waals surface area contributed by atoms with Crippen LogP contribution in [-0.2, 0) is 23.2 Å². The lowest BCUT2D eigenvalue weighted by molar-refractivity contribution is -0.747. The molecule has 8 nitrogen and oxygen atoms in total. The predicted octanol–water partition coefficient (Wildman–Crippen LogP) is 0.00830. The van der Waals surface area contributed by atoms with E-state index in [4.69, 9.17) is 0 Å². The Balaban J connectivity index is 1.60. The first-order chi connectivity index (χ1) is 12.5. The third kappa shape index (κ3) is 2.84. The van der Waals surface area contributed by atoms with Crippen LogP contribution < -0.4 is 14.7 Å². The van der Waals surface area contributed by atoms with E-state index in [0.717, 1.165) is 17.7 Å². The lowest BCUT2D eigenvalue weighted by atomic mass is 10.2. The van der Waals surface area contributed by atoms with Crippen molar-refractivity contribution in [3.8, 4) is 5.95 Å². The third-order valence-corrected chi connectivity index (χ3v) is 4.83. The summed E-state index contributed by atoms with van der Waals surface area (Å²) < 4.78 is 19.1. The van der Waals surface area contributed by atoms with Crippen molar-refractivity contribution in [3.05, 3.63) is 35.8 Å². The number of aryl methyl sites for hydroxylation is 1. The topological polar surface area (TPSA) is 93.6 Å². The van der Waals surface area contributed by atoms with Gasteiger partial charge in [-0.3, -0.25) is 14.5 Å². The first-order valence-corrected chi connectivity index (χ1v) is 8.35. The zero-order valence-corrected chi connectivity index (χ0v) is 14.1. The quantitative estimate of drug-likeness (QED) is 0.551. The van der Waals surface area contributed by atoms with Crippen LogP contribution in [0.5, 0.6) is 5.95 Å². The lowest BCUT2D eigenvalue weighted by Gasteiger charge is -2.25. The molecule has 1 aromatic carbocycles. The number of amides is 2. The van der Waals surface area contributed by atoms with Crippen molar-refractivity contribution >= 4 is 17.5 Å². The van der Waals surface area contributed by atoms with Crippen molar-refractivity contribution < 1.29 is 28.3 Å². The van der Waals surface area contributed by atoms with Gasteiger partial charge in [-0.25, -0.2) is 9.29 Å². The molecule has 26 heavy (non-hydrogen) atoms. The van der Waals surface area contributed by atoms with Gasteiger partial charge >= 0.3 is 0 Å². The maximum Gasteiger partial charge on any atom is 0.251 e. The fraction of sp³-hybridized carbons (Fsp3) is 0.412. The number of aromatic nitrogens is 2. The smallest absolute Gasteiger partial charge is 0.251 e. The van der Waals surface area contributed by atoms with Crippen molar-refractivity contribution in [1.29, 1.82) is 0 Å². The Bertz CT molecular complexity index is 843. The van der Waals surface area contributed by atoms with E-state index in [1.807, 2.05) is 4.90 Å². The molecule has 1 aliphatic heterocycles. The van der Waals surface area contributed by atoms with Crippen LogP contribution in [0.1, 0.15) is 25.0 Å². The lowest BCUT2D eigenvalue weighted by Crippen LogP contribution is -2.46. The van der Waals surface area contributed by atoms with Gasteiger partial charge in [-0.15, -0.1) is 0 Å². The molecule has 136 valence electrons. The summed E-state index contributed by atoms with van der Waals surface area (Å²) in [5, 5.41) is 15.4. The number of nitrogens with zero attached hydrogens (tertiary/aromatic N) is 4. The van der Waals surface area contributed by atoms with Gasteiger partial charge in [0, 0.05) is 6.04 Å². The molecule has 4 rings (SSSR count). The van der Waals surface area contributed by atoms with Crippen LogP contribution in [0, 0.1) is 5.82 Å². The van der Waals surface area contributed by atoms with Gasteiger partial charge in [0.15, 0.2) is 13.0 Å². The highest BCUT2D eigenvalue weighted by molar-refractivity contribution is 6.22. The van der Waals surface area contributed by atoms with Crippen molar-refractivity contribution in [3.63, 3.8) is 0 Å². The number of imide groups is 1.